The maximum atomic E-state index is 9.00. The van der Waals surface area contributed by atoms with E-state index in [1.165, 1.54) is 25.7 Å². The molecular weight excluding hydrogens is 202 g/mol. The molecule has 16 heavy (non-hydrogen) atoms. The SMILES string of the molecule is CC1CCCCC1Nc1nccc(CO)n1. The molecule has 1 aromatic rings. The second-order valence-electron chi connectivity index (χ2n) is 4.54. The summed E-state index contributed by atoms with van der Waals surface area (Å²) in [5.74, 6) is 1.32. The molecule has 1 heterocycles. The number of nitrogens with one attached hydrogen (secondary N) is 1. The van der Waals surface area contributed by atoms with Crippen molar-refractivity contribution >= 4 is 5.95 Å². The first kappa shape index (κ1) is 11.3. The molecule has 0 spiro atoms. The van der Waals surface area contributed by atoms with Crippen molar-refractivity contribution in [1.29, 1.82) is 0 Å². The molecule has 0 amide bonds. The lowest BCUT2D eigenvalue weighted by molar-refractivity contribution is 0.276. The van der Waals surface area contributed by atoms with Gasteiger partial charge >= 0.3 is 0 Å². The van der Waals surface area contributed by atoms with Gasteiger partial charge in [0.25, 0.3) is 0 Å². The summed E-state index contributed by atoms with van der Waals surface area (Å²) in [4.78, 5) is 8.43. The Labute approximate surface area is 96.1 Å². The second-order valence-corrected chi connectivity index (χ2v) is 4.54. The number of rotatable bonds is 3. The van der Waals surface area contributed by atoms with Crippen LogP contribution in [0.4, 0.5) is 5.95 Å². The summed E-state index contributed by atoms with van der Waals surface area (Å²) in [5.41, 5.74) is 0.668. The average Bonchev–Trinajstić information content (AvgIpc) is 2.32. The molecule has 1 aromatic heterocycles. The first-order chi connectivity index (χ1) is 7.79. The third kappa shape index (κ3) is 2.70. The van der Waals surface area contributed by atoms with Crippen LogP contribution in [0.5, 0.6) is 0 Å². The summed E-state index contributed by atoms with van der Waals surface area (Å²) in [6.07, 6.45) is 6.76. The maximum absolute atomic E-state index is 9.00. The Kier molecular flexibility index (Phi) is 3.72. The Balaban J connectivity index is 2.01. The fraction of sp³-hybridized carbons (Fsp3) is 0.667. The van der Waals surface area contributed by atoms with Gasteiger partial charge in [0.15, 0.2) is 0 Å². The van der Waals surface area contributed by atoms with E-state index in [-0.39, 0.29) is 6.61 Å². The van der Waals surface area contributed by atoms with Gasteiger partial charge in [-0.25, -0.2) is 9.97 Å². The van der Waals surface area contributed by atoms with E-state index >= 15 is 0 Å². The highest BCUT2D eigenvalue weighted by atomic mass is 16.3. The van der Waals surface area contributed by atoms with Crippen LogP contribution in [-0.2, 0) is 6.61 Å². The zero-order valence-corrected chi connectivity index (χ0v) is 9.69. The Bertz CT molecular complexity index is 343. The van der Waals surface area contributed by atoms with Gasteiger partial charge in [0, 0.05) is 12.2 Å². The quantitative estimate of drug-likeness (QED) is 0.819. The molecule has 2 atom stereocenters. The van der Waals surface area contributed by atoms with Crippen LogP contribution in [0.3, 0.4) is 0 Å². The van der Waals surface area contributed by atoms with E-state index in [0.29, 0.717) is 23.6 Å². The highest BCUT2D eigenvalue weighted by molar-refractivity contribution is 5.27. The minimum atomic E-state index is -0.0303. The Morgan fingerprint density at radius 3 is 3.00 bits per heavy atom. The number of aromatic nitrogens is 2. The van der Waals surface area contributed by atoms with Crippen LogP contribution in [0.2, 0.25) is 0 Å². The molecule has 0 aromatic carbocycles. The number of hydrogen-bond donors (Lipinski definition) is 2. The van der Waals surface area contributed by atoms with Gasteiger partial charge in [0.1, 0.15) is 0 Å². The summed E-state index contributed by atoms with van der Waals surface area (Å²) >= 11 is 0. The number of anilines is 1. The molecule has 4 heteroatoms. The molecule has 0 saturated heterocycles. The largest absolute Gasteiger partial charge is 0.390 e. The second kappa shape index (κ2) is 5.25. The van der Waals surface area contributed by atoms with Crippen molar-refractivity contribution < 1.29 is 5.11 Å². The lowest BCUT2D eigenvalue weighted by atomic mass is 9.86. The van der Waals surface area contributed by atoms with Gasteiger partial charge in [-0.05, 0) is 24.8 Å². The van der Waals surface area contributed by atoms with Crippen LogP contribution < -0.4 is 5.32 Å². The average molecular weight is 221 g/mol. The zero-order valence-electron chi connectivity index (χ0n) is 9.69. The van der Waals surface area contributed by atoms with Crippen molar-refractivity contribution in [2.24, 2.45) is 5.92 Å². The lowest BCUT2D eigenvalue weighted by Crippen LogP contribution is -2.31. The van der Waals surface area contributed by atoms with Crippen LogP contribution in [0, 0.1) is 5.92 Å². The Hall–Kier alpha value is -1.16. The van der Waals surface area contributed by atoms with E-state index in [0.717, 1.165) is 0 Å². The summed E-state index contributed by atoms with van der Waals surface area (Å²) in [6.45, 7) is 2.24. The molecule has 1 aliphatic carbocycles. The molecule has 2 rings (SSSR count). The number of hydrogen-bond acceptors (Lipinski definition) is 4. The van der Waals surface area contributed by atoms with Crippen molar-refractivity contribution in [3.05, 3.63) is 18.0 Å². The van der Waals surface area contributed by atoms with Gasteiger partial charge in [0.05, 0.1) is 12.3 Å². The molecule has 0 aliphatic heterocycles. The molecule has 1 aliphatic rings. The third-order valence-corrected chi connectivity index (χ3v) is 3.30. The molecule has 0 radical (unpaired) electrons. The lowest BCUT2D eigenvalue weighted by Gasteiger charge is -2.29. The van der Waals surface area contributed by atoms with Gasteiger partial charge in [-0.1, -0.05) is 19.8 Å². The fourth-order valence-corrected chi connectivity index (χ4v) is 2.25. The van der Waals surface area contributed by atoms with Crippen molar-refractivity contribution in [2.75, 3.05) is 5.32 Å². The van der Waals surface area contributed by atoms with Crippen LogP contribution in [-0.4, -0.2) is 21.1 Å². The van der Waals surface area contributed by atoms with E-state index in [1.807, 2.05) is 0 Å². The van der Waals surface area contributed by atoms with Gasteiger partial charge in [-0.2, -0.15) is 0 Å². The third-order valence-electron chi connectivity index (χ3n) is 3.30. The van der Waals surface area contributed by atoms with Crippen LogP contribution in [0.15, 0.2) is 12.3 Å². The minimum absolute atomic E-state index is 0.0303. The van der Waals surface area contributed by atoms with E-state index in [2.05, 4.69) is 22.2 Å². The smallest absolute Gasteiger partial charge is 0.223 e. The highest BCUT2D eigenvalue weighted by Gasteiger charge is 2.21. The van der Waals surface area contributed by atoms with Crippen molar-refractivity contribution in [3.63, 3.8) is 0 Å². The van der Waals surface area contributed by atoms with Crippen molar-refractivity contribution in [2.45, 2.75) is 45.3 Å². The molecular formula is C12H19N3O. The zero-order chi connectivity index (χ0) is 11.4. The molecule has 4 nitrogen and oxygen atoms in total. The molecule has 2 unspecified atom stereocenters. The van der Waals surface area contributed by atoms with E-state index in [9.17, 15) is 0 Å². The highest BCUT2D eigenvalue weighted by Crippen LogP contribution is 2.25. The fourth-order valence-electron chi connectivity index (χ4n) is 2.25. The molecule has 0 bridgehead atoms. The number of nitrogens with zero attached hydrogens (tertiary/aromatic N) is 2. The van der Waals surface area contributed by atoms with Crippen molar-refractivity contribution in [1.82, 2.24) is 9.97 Å². The molecule has 2 N–H and O–H groups in total. The predicted molar refractivity (Wildman–Crippen MR) is 63.0 cm³/mol. The van der Waals surface area contributed by atoms with Crippen LogP contribution in [0.25, 0.3) is 0 Å². The topological polar surface area (TPSA) is 58.0 Å². The summed E-state index contributed by atoms with van der Waals surface area (Å²) in [6, 6.07) is 2.21. The summed E-state index contributed by atoms with van der Waals surface area (Å²) in [7, 11) is 0. The maximum Gasteiger partial charge on any atom is 0.223 e. The van der Waals surface area contributed by atoms with Gasteiger partial charge < -0.3 is 10.4 Å². The predicted octanol–water partition coefficient (Wildman–Crippen LogP) is 1.96. The van der Waals surface area contributed by atoms with E-state index in [4.69, 9.17) is 5.11 Å². The molecule has 88 valence electrons. The Morgan fingerprint density at radius 2 is 2.25 bits per heavy atom. The van der Waals surface area contributed by atoms with Crippen molar-refractivity contribution in [3.8, 4) is 0 Å². The Morgan fingerprint density at radius 1 is 1.44 bits per heavy atom. The molecule has 1 saturated carbocycles. The minimum Gasteiger partial charge on any atom is -0.390 e. The van der Waals surface area contributed by atoms with Gasteiger partial charge in [0.2, 0.25) is 5.95 Å². The number of aliphatic hydroxyl groups is 1. The number of aliphatic hydroxyl groups excluding tert-OH is 1. The van der Waals surface area contributed by atoms with Crippen LogP contribution >= 0.6 is 0 Å². The van der Waals surface area contributed by atoms with Gasteiger partial charge in [-0.3, -0.25) is 0 Å². The summed E-state index contributed by atoms with van der Waals surface area (Å²) < 4.78 is 0. The first-order valence-corrected chi connectivity index (χ1v) is 5.99. The van der Waals surface area contributed by atoms with Gasteiger partial charge in [-0.15, -0.1) is 0 Å². The van der Waals surface area contributed by atoms with E-state index in [1.54, 1.807) is 12.3 Å². The monoisotopic (exact) mass is 221 g/mol. The molecule has 1 fully saturated rings. The van der Waals surface area contributed by atoms with E-state index < -0.39 is 0 Å². The van der Waals surface area contributed by atoms with Crippen LogP contribution in [0.1, 0.15) is 38.3 Å². The standard InChI is InChI=1S/C12H19N3O/c1-9-4-2-3-5-11(9)15-12-13-7-6-10(8-16)14-12/h6-7,9,11,16H,2-5,8H2,1H3,(H,13,14,15). The normalized spacial score (nSPS) is 25.4. The first-order valence-electron chi connectivity index (χ1n) is 5.99. The summed E-state index contributed by atoms with van der Waals surface area (Å²) in [5, 5.41) is 12.4.